The number of nitrogens with zero attached hydrogens (tertiary/aromatic N) is 3. The van der Waals surface area contributed by atoms with Gasteiger partial charge in [0, 0.05) is 13.6 Å². The van der Waals surface area contributed by atoms with Gasteiger partial charge in [0.05, 0.1) is 24.5 Å². The van der Waals surface area contributed by atoms with Gasteiger partial charge in [0.15, 0.2) is 0 Å². The maximum absolute atomic E-state index is 10.1. The van der Waals surface area contributed by atoms with Gasteiger partial charge in [-0.3, -0.25) is 4.98 Å². The Labute approximate surface area is 115 Å². The molecule has 1 aliphatic carbocycles. The molecule has 2 rings (SSSR count). The average Bonchev–Trinajstić information content (AvgIpc) is 2.45. The van der Waals surface area contributed by atoms with Crippen LogP contribution in [0.1, 0.15) is 39.0 Å². The first kappa shape index (κ1) is 14.1. The minimum absolute atomic E-state index is 0.157. The summed E-state index contributed by atoms with van der Waals surface area (Å²) in [6, 6.07) is 0.157. The molecule has 1 saturated carbocycles. The van der Waals surface area contributed by atoms with Crippen LogP contribution in [0, 0.1) is 0 Å². The summed E-state index contributed by atoms with van der Waals surface area (Å²) in [4.78, 5) is 10.9. The Morgan fingerprint density at radius 1 is 1.37 bits per heavy atom. The number of hydrogen-bond donors (Lipinski definition) is 2. The van der Waals surface area contributed by atoms with E-state index in [-0.39, 0.29) is 12.1 Å². The normalized spacial score (nSPS) is 23.1. The largest absolute Gasteiger partial charge is 0.391 e. The highest BCUT2D eigenvalue weighted by molar-refractivity contribution is 5.44. The van der Waals surface area contributed by atoms with Gasteiger partial charge in [0.1, 0.15) is 11.6 Å². The minimum Gasteiger partial charge on any atom is -0.391 e. The first-order valence-electron chi connectivity index (χ1n) is 7.19. The van der Waals surface area contributed by atoms with Crippen molar-refractivity contribution in [3.05, 3.63) is 12.4 Å². The van der Waals surface area contributed by atoms with Crippen molar-refractivity contribution >= 4 is 11.6 Å². The van der Waals surface area contributed by atoms with E-state index in [4.69, 9.17) is 0 Å². The Hall–Kier alpha value is -1.36. The van der Waals surface area contributed by atoms with Crippen LogP contribution in [-0.4, -0.2) is 40.8 Å². The summed E-state index contributed by atoms with van der Waals surface area (Å²) in [6.45, 7) is 3.02. The number of aliphatic hydroxyl groups is 1. The molecule has 0 aliphatic heterocycles. The molecule has 0 amide bonds. The molecular formula is C14H24N4O. The van der Waals surface area contributed by atoms with Gasteiger partial charge >= 0.3 is 0 Å². The molecule has 19 heavy (non-hydrogen) atoms. The summed E-state index contributed by atoms with van der Waals surface area (Å²) in [5.74, 6) is 1.63. The van der Waals surface area contributed by atoms with Gasteiger partial charge in [-0.05, 0) is 19.3 Å². The van der Waals surface area contributed by atoms with Crippen molar-refractivity contribution in [2.24, 2.45) is 0 Å². The van der Waals surface area contributed by atoms with Crippen LogP contribution in [0.5, 0.6) is 0 Å². The van der Waals surface area contributed by atoms with Crippen molar-refractivity contribution in [3.63, 3.8) is 0 Å². The number of likely N-dealkylation sites (N-methyl/N-ethyl adjacent to an activating group) is 1. The fourth-order valence-electron chi connectivity index (χ4n) is 2.58. The third kappa shape index (κ3) is 3.56. The fourth-order valence-corrected chi connectivity index (χ4v) is 2.58. The van der Waals surface area contributed by atoms with Crippen LogP contribution in [0.2, 0.25) is 0 Å². The van der Waals surface area contributed by atoms with Gasteiger partial charge in [0.2, 0.25) is 0 Å². The maximum atomic E-state index is 10.1. The summed E-state index contributed by atoms with van der Waals surface area (Å²) < 4.78 is 0. The first-order valence-corrected chi connectivity index (χ1v) is 7.19. The van der Waals surface area contributed by atoms with Gasteiger partial charge in [-0.15, -0.1) is 0 Å². The van der Waals surface area contributed by atoms with Crippen LogP contribution in [0.4, 0.5) is 11.6 Å². The van der Waals surface area contributed by atoms with Gasteiger partial charge in [-0.1, -0.05) is 19.8 Å². The predicted molar refractivity (Wildman–Crippen MR) is 77.5 cm³/mol. The van der Waals surface area contributed by atoms with Crippen molar-refractivity contribution in [3.8, 4) is 0 Å². The maximum Gasteiger partial charge on any atom is 0.149 e. The van der Waals surface area contributed by atoms with Crippen molar-refractivity contribution in [2.45, 2.75) is 51.2 Å². The summed E-state index contributed by atoms with van der Waals surface area (Å²) in [7, 11) is 1.99. The summed E-state index contributed by atoms with van der Waals surface area (Å²) >= 11 is 0. The van der Waals surface area contributed by atoms with Crippen LogP contribution < -0.4 is 10.2 Å². The standard InChI is InChI=1S/C14H24N4O/c1-3-8-16-13-9-15-10-14(17-13)18(2)11-6-4-5-7-12(11)19/h9-12,19H,3-8H2,1-2H3,(H,16,17). The van der Waals surface area contributed by atoms with Crippen LogP contribution >= 0.6 is 0 Å². The Bertz CT molecular complexity index is 399. The van der Waals surface area contributed by atoms with Gasteiger partial charge in [-0.2, -0.15) is 0 Å². The minimum atomic E-state index is -0.257. The molecule has 1 heterocycles. The lowest BCUT2D eigenvalue weighted by Gasteiger charge is -2.35. The smallest absolute Gasteiger partial charge is 0.149 e. The molecule has 1 aromatic rings. The molecule has 1 fully saturated rings. The zero-order valence-corrected chi connectivity index (χ0v) is 11.8. The lowest BCUT2D eigenvalue weighted by Crippen LogP contribution is -2.43. The number of nitrogens with one attached hydrogen (secondary N) is 1. The quantitative estimate of drug-likeness (QED) is 0.852. The highest BCUT2D eigenvalue weighted by Crippen LogP contribution is 2.25. The average molecular weight is 264 g/mol. The van der Waals surface area contributed by atoms with E-state index in [0.29, 0.717) is 0 Å². The molecule has 0 bridgehead atoms. The van der Waals surface area contributed by atoms with E-state index in [1.54, 1.807) is 12.4 Å². The number of hydrogen-bond acceptors (Lipinski definition) is 5. The van der Waals surface area contributed by atoms with Crippen molar-refractivity contribution in [1.82, 2.24) is 9.97 Å². The Morgan fingerprint density at radius 2 is 2.16 bits per heavy atom. The molecule has 106 valence electrons. The number of aliphatic hydroxyl groups excluding tert-OH is 1. The van der Waals surface area contributed by atoms with Crippen LogP contribution in [-0.2, 0) is 0 Å². The van der Waals surface area contributed by atoms with E-state index in [1.165, 1.54) is 6.42 Å². The highest BCUT2D eigenvalue weighted by Gasteiger charge is 2.27. The lowest BCUT2D eigenvalue weighted by atomic mass is 9.92. The summed E-state index contributed by atoms with van der Waals surface area (Å²) in [5.41, 5.74) is 0. The predicted octanol–water partition coefficient (Wildman–Crippen LogP) is 2.04. The molecule has 0 saturated heterocycles. The van der Waals surface area contributed by atoms with Crippen molar-refractivity contribution in [1.29, 1.82) is 0 Å². The molecule has 5 nitrogen and oxygen atoms in total. The molecule has 2 unspecified atom stereocenters. The fraction of sp³-hybridized carbons (Fsp3) is 0.714. The third-order valence-corrected chi connectivity index (χ3v) is 3.73. The second-order valence-electron chi connectivity index (χ2n) is 5.22. The van der Waals surface area contributed by atoms with Crippen LogP contribution in [0.15, 0.2) is 12.4 Å². The van der Waals surface area contributed by atoms with E-state index in [2.05, 4.69) is 27.1 Å². The topological polar surface area (TPSA) is 61.3 Å². The second-order valence-corrected chi connectivity index (χ2v) is 5.22. The second kappa shape index (κ2) is 6.70. The van der Waals surface area contributed by atoms with Crippen LogP contribution in [0.3, 0.4) is 0 Å². The van der Waals surface area contributed by atoms with Crippen molar-refractivity contribution in [2.75, 3.05) is 23.8 Å². The highest BCUT2D eigenvalue weighted by atomic mass is 16.3. The van der Waals surface area contributed by atoms with Gasteiger partial charge in [-0.25, -0.2) is 4.98 Å². The molecule has 2 atom stereocenters. The van der Waals surface area contributed by atoms with Gasteiger partial charge < -0.3 is 15.3 Å². The van der Waals surface area contributed by atoms with E-state index in [0.717, 1.165) is 43.9 Å². The molecule has 1 aliphatic rings. The van der Waals surface area contributed by atoms with Gasteiger partial charge in [0.25, 0.3) is 0 Å². The van der Waals surface area contributed by atoms with E-state index in [9.17, 15) is 5.11 Å². The zero-order chi connectivity index (χ0) is 13.7. The van der Waals surface area contributed by atoms with Crippen LogP contribution in [0.25, 0.3) is 0 Å². The van der Waals surface area contributed by atoms with E-state index >= 15 is 0 Å². The Balaban J connectivity index is 2.07. The van der Waals surface area contributed by atoms with E-state index < -0.39 is 0 Å². The molecule has 0 radical (unpaired) electrons. The molecule has 0 aromatic carbocycles. The van der Waals surface area contributed by atoms with E-state index in [1.807, 2.05) is 7.05 Å². The van der Waals surface area contributed by atoms with Crippen molar-refractivity contribution < 1.29 is 5.11 Å². The Morgan fingerprint density at radius 3 is 2.89 bits per heavy atom. The summed E-state index contributed by atoms with van der Waals surface area (Å²) in [5, 5.41) is 13.3. The number of rotatable bonds is 5. The molecule has 0 spiro atoms. The molecule has 5 heteroatoms. The molecule has 1 aromatic heterocycles. The SMILES string of the molecule is CCCNc1cncc(N(C)C2CCCCC2O)n1. The Kier molecular flexibility index (Phi) is 4.96. The summed E-state index contributed by atoms with van der Waals surface area (Å²) in [6.07, 6.45) is 8.50. The zero-order valence-electron chi connectivity index (χ0n) is 11.8. The molecular weight excluding hydrogens is 240 g/mol. The first-order chi connectivity index (χ1) is 9.22. The lowest BCUT2D eigenvalue weighted by molar-refractivity contribution is 0.106. The third-order valence-electron chi connectivity index (χ3n) is 3.73. The number of anilines is 2. The number of aromatic nitrogens is 2. The monoisotopic (exact) mass is 264 g/mol. The molecule has 2 N–H and O–H groups in total.